The van der Waals surface area contributed by atoms with Crippen LogP contribution in [0.3, 0.4) is 0 Å². The minimum absolute atomic E-state index is 0.119. The maximum absolute atomic E-state index is 12.3. The molecule has 0 aliphatic rings. The summed E-state index contributed by atoms with van der Waals surface area (Å²) >= 11 is 0. The summed E-state index contributed by atoms with van der Waals surface area (Å²) in [6.45, 7) is 4.71. The Bertz CT molecular complexity index is 921. The van der Waals surface area contributed by atoms with Crippen molar-refractivity contribution < 1.29 is 9.53 Å². The van der Waals surface area contributed by atoms with Gasteiger partial charge < -0.3 is 9.72 Å². The summed E-state index contributed by atoms with van der Waals surface area (Å²) < 4.78 is 7.99. The van der Waals surface area contributed by atoms with Gasteiger partial charge in [-0.3, -0.25) is 10.2 Å². The topological polar surface area (TPSA) is 93.9 Å². The summed E-state index contributed by atoms with van der Waals surface area (Å²) in [6, 6.07) is 5.69. The molecule has 0 aliphatic carbocycles. The zero-order chi connectivity index (χ0) is 17.1. The molecule has 24 heavy (non-hydrogen) atoms. The second-order valence-electron chi connectivity index (χ2n) is 5.24. The molecule has 2 N–H and O–H groups in total. The molecule has 0 fully saturated rings. The van der Waals surface area contributed by atoms with E-state index in [4.69, 9.17) is 4.74 Å². The molecule has 8 heteroatoms. The number of fused-ring (bicyclic) bond motifs is 1. The van der Waals surface area contributed by atoms with E-state index in [1.165, 1.54) is 11.0 Å². The van der Waals surface area contributed by atoms with Crippen LogP contribution in [0.25, 0.3) is 10.9 Å². The molecule has 126 valence electrons. The highest BCUT2D eigenvalue weighted by atomic mass is 16.5. The number of aryl methyl sites for hydroxylation is 1. The van der Waals surface area contributed by atoms with Gasteiger partial charge >= 0.3 is 5.69 Å². The second kappa shape index (κ2) is 6.61. The first kappa shape index (κ1) is 15.9. The van der Waals surface area contributed by atoms with Crippen LogP contribution in [0.1, 0.15) is 19.4 Å². The Morgan fingerprint density at radius 1 is 1.38 bits per heavy atom. The van der Waals surface area contributed by atoms with Gasteiger partial charge in [-0.15, -0.1) is 0 Å². The first-order chi connectivity index (χ1) is 11.6. The molecule has 0 atom stereocenters. The van der Waals surface area contributed by atoms with Crippen molar-refractivity contribution in [3.05, 3.63) is 46.8 Å². The molecular formula is C16H19N5O3. The Labute approximate surface area is 138 Å². The van der Waals surface area contributed by atoms with Crippen LogP contribution < -0.4 is 15.9 Å². The molecule has 3 rings (SSSR count). The van der Waals surface area contributed by atoms with Crippen LogP contribution in [0, 0.1) is 0 Å². The van der Waals surface area contributed by atoms with Crippen molar-refractivity contribution >= 4 is 16.8 Å². The molecule has 2 heterocycles. The fourth-order valence-electron chi connectivity index (χ4n) is 2.61. The molecule has 0 unspecified atom stereocenters. The number of carbonyl (C=O) groups excluding carboxylic acids is 1. The largest absolute Gasteiger partial charge is 0.493 e. The molecule has 8 nitrogen and oxygen atoms in total. The third-order valence-corrected chi connectivity index (χ3v) is 3.68. The van der Waals surface area contributed by atoms with E-state index in [0.29, 0.717) is 13.2 Å². The number of ether oxygens (including phenoxy) is 1. The molecule has 0 radical (unpaired) electrons. The van der Waals surface area contributed by atoms with Gasteiger partial charge in [0.25, 0.3) is 0 Å². The first-order valence-electron chi connectivity index (χ1n) is 7.80. The quantitative estimate of drug-likeness (QED) is 0.712. The predicted molar refractivity (Wildman–Crippen MR) is 89.7 cm³/mol. The van der Waals surface area contributed by atoms with Crippen molar-refractivity contribution in [3.8, 4) is 5.75 Å². The fraction of sp³-hybridized carbons (Fsp3) is 0.312. The normalized spacial score (nSPS) is 10.9. The molecule has 2 aromatic heterocycles. The van der Waals surface area contributed by atoms with Crippen molar-refractivity contribution in [2.75, 3.05) is 12.0 Å². The summed E-state index contributed by atoms with van der Waals surface area (Å²) in [6.07, 6.45) is 3.20. The van der Waals surface area contributed by atoms with Crippen LogP contribution in [-0.4, -0.2) is 32.0 Å². The van der Waals surface area contributed by atoms with E-state index >= 15 is 0 Å². The molecule has 0 saturated carbocycles. The number of hydrogen-bond acceptors (Lipinski definition) is 4. The molecular weight excluding hydrogens is 310 g/mol. The van der Waals surface area contributed by atoms with Crippen molar-refractivity contribution in [1.82, 2.24) is 19.4 Å². The van der Waals surface area contributed by atoms with Gasteiger partial charge in [-0.25, -0.2) is 9.48 Å². The van der Waals surface area contributed by atoms with Crippen LogP contribution in [-0.2, 0) is 17.8 Å². The molecule has 0 aliphatic heterocycles. The van der Waals surface area contributed by atoms with Gasteiger partial charge in [0.2, 0.25) is 5.91 Å². The van der Waals surface area contributed by atoms with Crippen molar-refractivity contribution in [2.45, 2.75) is 26.8 Å². The first-order valence-corrected chi connectivity index (χ1v) is 7.80. The van der Waals surface area contributed by atoms with E-state index in [1.807, 2.05) is 32.0 Å². The van der Waals surface area contributed by atoms with Crippen LogP contribution in [0.5, 0.6) is 5.75 Å². The summed E-state index contributed by atoms with van der Waals surface area (Å²) in [7, 11) is 0. The minimum atomic E-state index is -0.375. The number of aromatic nitrogens is 4. The molecule has 1 amide bonds. The van der Waals surface area contributed by atoms with E-state index in [2.05, 4.69) is 15.5 Å². The van der Waals surface area contributed by atoms with Crippen LogP contribution in [0.2, 0.25) is 0 Å². The lowest BCUT2D eigenvalue weighted by Crippen LogP contribution is -2.34. The Morgan fingerprint density at radius 3 is 2.92 bits per heavy atom. The number of nitrogens with zero attached hydrogens (tertiary/aromatic N) is 3. The van der Waals surface area contributed by atoms with Gasteiger partial charge in [-0.2, -0.15) is 9.77 Å². The van der Waals surface area contributed by atoms with E-state index in [9.17, 15) is 9.59 Å². The lowest BCUT2D eigenvalue weighted by molar-refractivity contribution is -0.116. The van der Waals surface area contributed by atoms with Gasteiger partial charge in [0.05, 0.1) is 13.0 Å². The number of nitrogens with one attached hydrogen (secondary N) is 2. The third-order valence-electron chi connectivity index (χ3n) is 3.68. The molecule has 0 bridgehead atoms. The van der Waals surface area contributed by atoms with Crippen LogP contribution in [0.15, 0.2) is 35.5 Å². The Morgan fingerprint density at radius 2 is 2.21 bits per heavy atom. The highest BCUT2D eigenvalue weighted by molar-refractivity contribution is 5.94. The number of hydrogen-bond donors (Lipinski definition) is 2. The second-order valence-corrected chi connectivity index (χ2v) is 5.24. The SMILES string of the molecule is CCOc1cccc2[nH]cc(CC(=O)Nn3cnn(CC)c3=O)c12. The summed E-state index contributed by atoms with van der Waals surface area (Å²) in [5.41, 5.74) is 3.88. The van der Waals surface area contributed by atoms with E-state index in [-0.39, 0.29) is 18.0 Å². The van der Waals surface area contributed by atoms with Crippen LogP contribution in [0.4, 0.5) is 0 Å². The molecule has 0 spiro atoms. The summed E-state index contributed by atoms with van der Waals surface area (Å²) in [4.78, 5) is 27.3. The van der Waals surface area contributed by atoms with Crippen LogP contribution >= 0.6 is 0 Å². The van der Waals surface area contributed by atoms with Crippen molar-refractivity contribution in [3.63, 3.8) is 0 Å². The molecule has 3 aromatic rings. The Balaban J connectivity index is 1.83. The van der Waals surface area contributed by atoms with E-state index in [1.54, 1.807) is 6.20 Å². The summed E-state index contributed by atoms with van der Waals surface area (Å²) in [5, 5.41) is 4.78. The molecule has 1 aromatic carbocycles. The van der Waals surface area contributed by atoms with Gasteiger partial charge in [-0.1, -0.05) is 6.07 Å². The van der Waals surface area contributed by atoms with Gasteiger partial charge in [0, 0.05) is 23.6 Å². The highest BCUT2D eigenvalue weighted by Crippen LogP contribution is 2.29. The Kier molecular flexibility index (Phi) is 4.37. The maximum atomic E-state index is 12.3. The zero-order valence-corrected chi connectivity index (χ0v) is 13.6. The van der Waals surface area contributed by atoms with Gasteiger partial charge in [0.15, 0.2) is 0 Å². The lowest BCUT2D eigenvalue weighted by atomic mass is 10.1. The number of amides is 1. The van der Waals surface area contributed by atoms with Gasteiger partial charge in [-0.05, 0) is 31.5 Å². The number of carbonyl (C=O) groups is 1. The standard InChI is InChI=1S/C16H19N5O3/c1-3-20-16(23)21(10-18-20)19-14(22)8-11-9-17-12-6-5-7-13(15(11)12)24-4-2/h5-7,9-10,17H,3-4,8H2,1-2H3,(H,19,22). The third kappa shape index (κ3) is 2.90. The average molecular weight is 329 g/mol. The minimum Gasteiger partial charge on any atom is -0.493 e. The average Bonchev–Trinajstić information content (AvgIpc) is 3.13. The van der Waals surface area contributed by atoms with Crippen molar-refractivity contribution in [1.29, 1.82) is 0 Å². The lowest BCUT2D eigenvalue weighted by Gasteiger charge is -2.07. The van der Waals surface area contributed by atoms with Crippen molar-refractivity contribution in [2.24, 2.45) is 0 Å². The summed E-state index contributed by atoms with van der Waals surface area (Å²) in [5.74, 6) is 0.426. The number of rotatable bonds is 6. The fourth-order valence-corrected chi connectivity index (χ4v) is 2.61. The maximum Gasteiger partial charge on any atom is 0.364 e. The molecule has 0 saturated heterocycles. The Hall–Kier alpha value is -3.03. The highest BCUT2D eigenvalue weighted by Gasteiger charge is 2.14. The van der Waals surface area contributed by atoms with E-state index < -0.39 is 0 Å². The zero-order valence-electron chi connectivity index (χ0n) is 13.6. The van der Waals surface area contributed by atoms with Gasteiger partial charge in [0.1, 0.15) is 12.1 Å². The monoisotopic (exact) mass is 329 g/mol. The number of aromatic amines is 1. The predicted octanol–water partition coefficient (Wildman–Crippen LogP) is 1.26. The smallest absolute Gasteiger partial charge is 0.364 e. The van der Waals surface area contributed by atoms with E-state index in [0.717, 1.165) is 26.9 Å². The number of benzene rings is 1. The number of H-pyrrole nitrogens is 1.